The highest BCUT2D eigenvalue weighted by atomic mass is 16.5. The molecule has 2 amide bonds. The van der Waals surface area contributed by atoms with Gasteiger partial charge in [-0.3, -0.25) is 4.90 Å². The average molecular weight is 408 g/mol. The van der Waals surface area contributed by atoms with Gasteiger partial charge in [0.05, 0.1) is 18.7 Å². The number of nitrogens with zero attached hydrogens (tertiary/aromatic N) is 1. The maximum absolute atomic E-state index is 12.7. The molecule has 1 aliphatic rings. The highest BCUT2D eigenvalue weighted by molar-refractivity contribution is 5.95. The van der Waals surface area contributed by atoms with Gasteiger partial charge in [0.1, 0.15) is 0 Å². The van der Waals surface area contributed by atoms with Crippen molar-refractivity contribution in [2.24, 2.45) is 0 Å². The van der Waals surface area contributed by atoms with Crippen LogP contribution >= 0.6 is 0 Å². The van der Waals surface area contributed by atoms with Crippen LogP contribution in [0.4, 0.5) is 4.79 Å². The van der Waals surface area contributed by atoms with E-state index >= 15 is 0 Å². The van der Waals surface area contributed by atoms with Gasteiger partial charge in [-0.15, -0.1) is 0 Å². The number of benzene rings is 2. The van der Waals surface area contributed by atoms with Crippen molar-refractivity contribution < 1.29 is 14.3 Å². The van der Waals surface area contributed by atoms with Crippen LogP contribution in [0.3, 0.4) is 0 Å². The Balaban J connectivity index is 1.94. The van der Waals surface area contributed by atoms with Crippen molar-refractivity contribution in [1.82, 2.24) is 15.5 Å². The summed E-state index contributed by atoms with van der Waals surface area (Å²) in [5, 5.41) is 5.72. The van der Waals surface area contributed by atoms with Gasteiger partial charge in [0, 0.05) is 18.8 Å². The maximum Gasteiger partial charge on any atom is 0.338 e. The summed E-state index contributed by atoms with van der Waals surface area (Å²) in [5.74, 6) is -0.446. The minimum absolute atomic E-state index is 0.321. The van der Waals surface area contributed by atoms with Crippen molar-refractivity contribution >= 4 is 12.0 Å². The molecule has 1 unspecified atom stereocenters. The molecule has 0 saturated heterocycles. The predicted octanol–water partition coefficient (Wildman–Crippen LogP) is 3.55. The van der Waals surface area contributed by atoms with Crippen molar-refractivity contribution in [3.63, 3.8) is 0 Å². The Morgan fingerprint density at radius 1 is 1.00 bits per heavy atom. The van der Waals surface area contributed by atoms with Crippen LogP contribution in [0.5, 0.6) is 0 Å². The largest absolute Gasteiger partial charge is 0.466 e. The molecular weight excluding hydrogens is 378 g/mol. The lowest BCUT2D eigenvalue weighted by molar-refractivity contribution is -0.136. The van der Waals surface area contributed by atoms with Gasteiger partial charge in [-0.25, -0.2) is 9.59 Å². The van der Waals surface area contributed by atoms with Gasteiger partial charge in [-0.1, -0.05) is 68.4 Å². The number of amides is 2. The van der Waals surface area contributed by atoms with Gasteiger partial charge < -0.3 is 15.4 Å². The van der Waals surface area contributed by atoms with E-state index in [2.05, 4.69) is 41.5 Å². The molecule has 30 heavy (non-hydrogen) atoms. The highest BCUT2D eigenvalue weighted by Gasteiger charge is 2.33. The molecule has 0 radical (unpaired) electrons. The first-order chi connectivity index (χ1) is 14.5. The minimum Gasteiger partial charge on any atom is -0.466 e. The smallest absolute Gasteiger partial charge is 0.338 e. The molecule has 6 nitrogen and oxygen atoms in total. The zero-order valence-electron chi connectivity index (χ0n) is 17.8. The van der Waals surface area contributed by atoms with Gasteiger partial charge in [0.15, 0.2) is 0 Å². The number of nitrogens with one attached hydrogen (secondary N) is 2. The first-order valence-electron chi connectivity index (χ1n) is 10.3. The van der Waals surface area contributed by atoms with Crippen LogP contribution in [0, 0.1) is 0 Å². The number of aryl methyl sites for hydroxylation is 1. The molecule has 2 aromatic carbocycles. The fourth-order valence-electron chi connectivity index (χ4n) is 3.63. The highest BCUT2D eigenvalue weighted by Crippen LogP contribution is 2.28. The Hall–Kier alpha value is -3.12. The summed E-state index contributed by atoms with van der Waals surface area (Å²) in [6.07, 6.45) is 0.925. The first-order valence-corrected chi connectivity index (χ1v) is 10.3. The van der Waals surface area contributed by atoms with E-state index in [1.807, 2.05) is 42.5 Å². The third-order valence-electron chi connectivity index (χ3n) is 5.36. The van der Waals surface area contributed by atoms with Crippen LogP contribution in [0.2, 0.25) is 0 Å². The molecule has 2 aromatic rings. The number of hydrogen-bond acceptors (Lipinski definition) is 4. The minimum atomic E-state index is -0.553. The van der Waals surface area contributed by atoms with Gasteiger partial charge in [0.2, 0.25) is 0 Å². The maximum atomic E-state index is 12.7. The molecule has 0 aromatic heterocycles. The van der Waals surface area contributed by atoms with Crippen LogP contribution in [-0.2, 0) is 22.5 Å². The van der Waals surface area contributed by atoms with Crippen LogP contribution < -0.4 is 10.6 Å². The molecule has 1 aliphatic heterocycles. The Labute approximate surface area is 177 Å². The van der Waals surface area contributed by atoms with Crippen molar-refractivity contribution in [3.8, 4) is 0 Å². The lowest BCUT2D eigenvalue weighted by Crippen LogP contribution is -2.48. The number of urea groups is 1. The fourth-order valence-corrected chi connectivity index (χ4v) is 3.63. The summed E-state index contributed by atoms with van der Waals surface area (Å²) in [4.78, 5) is 27.3. The number of ether oxygens (including phenoxy) is 1. The second kappa shape index (κ2) is 10.1. The zero-order chi connectivity index (χ0) is 21.5. The van der Waals surface area contributed by atoms with Crippen molar-refractivity contribution in [1.29, 1.82) is 0 Å². The summed E-state index contributed by atoms with van der Waals surface area (Å²) in [7, 11) is 1.36. The van der Waals surface area contributed by atoms with E-state index in [0.717, 1.165) is 18.5 Å². The molecule has 1 atom stereocenters. The summed E-state index contributed by atoms with van der Waals surface area (Å²) in [5.41, 5.74) is 4.24. The number of carbonyl (C=O) groups is 2. The zero-order valence-corrected chi connectivity index (χ0v) is 17.8. The molecule has 158 valence electrons. The number of hydrogen-bond donors (Lipinski definition) is 2. The van der Waals surface area contributed by atoms with Crippen molar-refractivity contribution in [3.05, 3.63) is 82.6 Å². The van der Waals surface area contributed by atoms with E-state index in [-0.39, 0.29) is 6.03 Å². The second-order valence-corrected chi connectivity index (χ2v) is 7.30. The summed E-state index contributed by atoms with van der Waals surface area (Å²) in [6, 6.07) is 17.2. The summed E-state index contributed by atoms with van der Waals surface area (Å²) in [6.45, 7) is 6.07. The van der Waals surface area contributed by atoms with Crippen molar-refractivity contribution in [2.75, 3.05) is 20.2 Å². The molecule has 0 bridgehead atoms. The van der Waals surface area contributed by atoms with Crippen LogP contribution in [0.15, 0.2) is 65.9 Å². The Morgan fingerprint density at radius 2 is 1.70 bits per heavy atom. The molecule has 0 saturated carbocycles. The quantitative estimate of drug-likeness (QED) is 0.657. The number of carbonyl (C=O) groups excluding carboxylic acids is 2. The normalized spacial score (nSPS) is 16.3. The summed E-state index contributed by atoms with van der Waals surface area (Å²) < 4.78 is 5.08. The van der Waals surface area contributed by atoms with Crippen molar-refractivity contribution in [2.45, 2.75) is 32.9 Å². The lowest BCUT2D eigenvalue weighted by Gasteiger charge is -2.31. The number of methoxy groups -OCH3 is 1. The SMILES string of the molecule is CCc1ccc(C2NC(=O)NC(CN(CC)Cc3ccccc3)=C2C(=O)OC)cc1. The molecule has 3 rings (SSSR count). The third kappa shape index (κ3) is 5.07. The molecule has 6 heteroatoms. The molecule has 0 fully saturated rings. The Bertz CT molecular complexity index is 907. The monoisotopic (exact) mass is 407 g/mol. The molecular formula is C24H29N3O3. The third-order valence-corrected chi connectivity index (χ3v) is 5.36. The van der Waals surface area contributed by atoms with E-state index < -0.39 is 12.0 Å². The average Bonchev–Trinajstić information content (AvgIpc) is 2.78. The Morgan fingerprint density at radius 3 is 2.30 bits per heavy atom. The fraction of sp³-hybridized carbons (Fsp3) is 0.333. The van der Waals surface area contributed by atoms with Crippen LogP contribution in [0.1, 0.15) is 36.6 Å². The molecule has 1 heterocycles. The summed E-state index contributed by atoms with van der Waals surface area (Å²) >= 11 is 0. The van der Waals surface area contributed by atoms with Gasteiger partial charge in [-0.2, -0.15) is 0 Å². The second-order valence-electron chi connectivity index (χ2n) is 7.30. The van der Waals surface area contributed by atoms with Gasteiger partial charge >= 0.3 is 12.0 Å². The Kier molecular flexibility index (Phi) is 7.25. The van der Waals surface area contributed by atoms with Gasteiger partial charge in [-0.05, 0) is 29.7 Å². The molecule has 0 spiro atoms. The topological polar surface area (TPSA) is 70.7 Å². The predicted molar refractivity (Wildman–Crippen MR) is 117 cm³/mol. The first kappa shape index (κ1) is 21.6. The van der Waals surface area contributed by atoms with E-state index in [0.29, 0.717) is 24.4 Å². The number of esters is 1. The van der Waals surface area contributed by atoms with E-state index in [9.17, 15) is 9.59 Å². The van der Waals surface area contributed by atoms with Crippen LogP contribution in [0.25, 0.3) is 0 Å². The molecule has 2 N–H and O–H groups in total. The van der Waals surface area contributed by atoms with Gasteiger partial charge in [0.25, 0.3) is 0 Å². The van der Waals surface area contributed by atoms with E-state index in [1.54, 1.807) is 0 Å². The number of rotatable bonds is 8. The van der Waals surface area contributed by atoms with E-state index in [4.69, 9.17) is 4.74 Å². The lowest BCUT2D eigenvalue weighted by atomic mass is 9.94. The molecule has 0 aliphatic carbocycles. The van der Waals surface area contributed by atoms with E-state index in [1.165, 1.54) is 18.2 Å². The van der Waals surface area contributed by atoms with Crippen LogP contribution in [-0.4, -0.2) is 37.1 Å². The number of likely N-dealkylation sites (N-methyl/N-ethyl adjacent to an activating group) is 1. The standard InChI is InChI=1S/C24H29N3O3/c1-4-17-11-13-19(14-12-17)22-21(23(28)30-3)20(25-24(29)26-22)16-27(5-2)15-18-9-7-6-8-10-18/h6-14,22H,4-5,15-16H2,1-3H3,(H2,25,26,29).